The molecule has 4 nitrogen and oxygen atoms in total. The monoisotopic (exact) mass is 378 g/mol. The highest BCUT2D eigenvalue weighted by Crippen LogP contribution is 2.31. The van der Waals surface area contributed by atoms with Crippen molar-refractivity contribution in [1.82, 2.24) is 9.21 Å². The summed E-state index contributed by atoms with van der Waals surface area (Å²) in [6.07, 6.45) is 0.884. The Labute approximate surface area is 155 Å². The zero-order valence-electron chi connectivity index (χ0n) is 15.1. The van der Waals surface area contributed by atoms with Gasteiger partial charge in [-0.3, -0.25) is 4.90 Å². The highest BCUT2D eigenvalue weighted by atomic mass is 32.2. The van der Waals surface area contributed by atoms with Gasteiger partial charge in [0, 0.05) is 36.6 Å². The molecule has 0 bridgehead atoms. The van der Waals surface area contributed by atoms with Crippen LogP contribution in [0.25, 0.3) is 0 Å². The Morgan fingerprint density at radius 1 is 1.24 bits per heavy atom. The summed E-state index contributed by atoms with van der Waals surface area (Å²) in [5.41, 5.74) is 1.28. The summed E-state index contributed by atoms with van der Waals surface area (Å²) in [4.78, 5) is 3.41. The van der Waals surface area contributed by atoms with Gasteiger partial charge >= 0.3 is 0 Å². The van der Waals surface area contributed by atoms with Gasteiger partial charge in [0.25, 0.3) is 10.0 Å². The predicted octanol–water partition coefficient (Wildman–Crippen LogP) is 3.90. The third-order valence-corrected chi connectivity index (χ3v) is 8.52. The Balaban J connectivity index is 1.75. The van der Waals surface area contributed by atoms with E-state index in [1.807, 2.05) is 26.0 Å². The summed E-state index contributed by atoms with van der Waals surface area (Å²) in [7, 11) is -3.40. The van der Waals surface area contributed by atoms with E-state index in [0.29, 0.717) is 16.8 Å². The van der Waals surface area contributed by atoms with Crippen LogP contribution >= 0.6 is 11.3 Å². The van der Waals surface area contributed by atoms with Gasteiger partial charge in [-0.15, -0.1) is 11.3 Å². The lowest BCUT2D eigenvalue weighted by molar-refractivity contribution is 0.239. The van der Waals surface area contributed by atoms with Crippen molar-refractivity contribution in [1.29, 1.82) is 0 Å². The van der Waals surface area contributed by atoms with Crippen LogP contribution in [0.2, 0.25) is 0 Å². The minimum Gasteiger partial charge on any atom is -0.295 e. The van der Waals surface area contributed by atoms with Crippen molar-refractivity contribution in [3.8, 4) is 0 Å². The van der Waals surface area contributed by atoms with Gasteiger partial charge in [0.2, 0.25) is 0 Å². The fourth-order valence-electron chi connectivity index (χ4n) is 3.59. The lowest BCUT2D eigenvalue weighted by Gasteiger charge is -2.28. The van der Waals surface area contributed by atoms with E-state index in [9.17, 15) is 8.42 Å². The molecule has 2 heterocycles. The Kier molecular flexibility index (Phi) is 5.63. The molecule has 136 valence electrons. The van der Waals surface area contributed by atoms with Crippen LogP contribution < -0.4 is 0 Å². The molecule has 0 saturated carbocycles. The van der Waals surface area contributed by atoms with Gasteiger partial charge in [0.15, 0.2) is 0 Å². The number of likely N-dealkylation sites (N-methyl/N-ethyl adjacent to an activating group) is 1. The summed E-state index contributed by atoms with van der Waals surface area (Å²) in [6, 6.07) is 14.4. The van der Waals surface area contributed by atoms with Crippen LogP contribution in [0.15, 0.2) is 46.7 Å². The molecular formula is C19H26N2O2S2. The molecule has 6 heteroatoms. The zero-order chi connectivity index (χ0) is 18.0. The fourth-order valence-corrected chi connectivity index (χ4v) is 6.66. The van der Waals surface area contributed by atoms with E-state index in [4.69, 9.17) is 0 Å². The molecule has 25 heavy (non-hydrogen) atoms. The first-order valence-corrected chi connectivity index (χ1v) is 11.1. The molecular weight excluding hydrogens is 352 g/mol. The third-order valence-electron chi connectivity index (χ3n) is 5.02. The molecule has 2 aromatic rings. The number of thiophene rings is 1. The van der Waals surface area contributed by atoms with Crippen LogP contribution in [0.4, 0.5) is 0 Å². The van der Waals surface area contributed by atoms with E-state index in [2.05, 4.69) is 36.1 Å². The van der Waals surface area contributed by atoms with Crippen molar-refractivity contribution in [3.63, 3.8) is 0 Å². The number of sulfonamides is 1. The maximum absolute atomic E-state index is 13.0. The Morgan fingerprint density at radius 2 is 1.96 bits per heavy atom. The average Bonchev–Trinajstić information content (AvgIpc) is 3.25. The normalized spacial score (nSPS) is 20.2. The molecule has 1 aromatic carbocycles. The summed E-state index contributed by atoms with van der Waals surface area (Å²) in [5, 5.41) is 0. The van der Waals surface area contributed by atoms with E-state index in [-0.39, 0.29) is 6.04 Å². The second-order valence-electron chi connectivity index (χ2n) is 6.60. The number of aryl methyl sites for hydroxylation is 1. The Hall–Kier alpha value is -1.21. The largest absolute Gasteiger partial charge is 0.295 e. The second kappa shape index (κ2) is 7.58. The molecule has 1 fully saturated rings. The highest BCUT2D eigenvalue weighted by Gasteiger charge is 2.36. The van der Waals surface area contributed by atoms with E-state index in [1.165, 1.54) is 16.9 Å². The molecule has 1 aromatic heterocycles. The van der Waals surface area contributed by atoms with Crippen LogP contribution in [0.3, 0.4) is 0 Å². The molecule has 0 N–H and O–H groups in total. The molecule has 1 saturated heterocycles. The third kappa shape index (κ3) is 3.82. The number of likely N-dealkylation sites (tertiary alicyclic amines) is 1. The maximum atomic E-state index is 13.0. The van der Waals surface area contributed by atoms with Crippen molar-refractivity contribution in [2.75, 3.05) is 19.6 Å². The first-order chi connectivity index (χ1) is 11.9. The summed E-state index contributed by atoms with van der Waals surface area (Å²) >= 11 is 1.36. The van der Waals surface area contributed by atoms with Crippen LogP contribution in [0.1, 0.15) is 36.8 Å². The molecule has 1 aliphatic rings. The Morgan fingerprint density at radius 3 is 2.56 bits per heavy atom. The van der Waals surface area contributed by atoms with Gasteiger partial charge in [0.05, 0.1) is 0 Å². The standard InChI is InChI=1S/C19H26N2O2S2/c1-4-21(25(22,23)19-11-10-15(2)24-19)18-12-13-20(14-18)16(3)17-8-6-5-7-9-17/h5-11,16,18H,4,12-14H2,1-3H3. The maximum Gasteiger partial charge on any atom is 0.252 e. The van der Waals surface area contributed by atoms with E-state index in [1.54, 1.807) is 10.4 Å². The van der Waals surface area contributed by atoms with Crippen molar-refractivity contribution >= 4 is 21.4 Å². The summed E-state index contributed by atoms with van der Waals surface area (Å²) in [6.45, 7) is 8.30. The van der Waals surface area contributed by atoms with Crippen molar-refractivity contribution in [2.24, 2.45) is 0 Å². The molecule has 0 amide bonds. The lowest BCUT2D eigenvalue weighted by atomic mass is 10.1. The quantitative estimate of drug-likeness (QED) is 0.765. The van der Waals surface area contributed by atoms with Gasteiger partial charge in [0.1, 0.15) is 4.21 Å². The molecule has 2 unspecified atom stereocenters. The first kappa shape index (κ1) is 18.6. The predicted molar refractivity (Wildman–Crippen MR) is 103 cm³/mol. The first-order valence-electron chi connectivity index (χ1n) is 8.80. The van der Waals surface area contributed by atoms with Crippen LogP contribution in [-0.2, 0) is 10.0 Å². The SMILES string of the molecule is CCN(C1CCN(C(C)c2ccccc2)C1)S(=O)(=O)c1ccc(C)s1. The molecule has 0 radical (unpaired) electrons. The molecule has 0 spiro atoms. The van der Waals surface area contributed by atoms with Gasteiger partial charge in [-0.25, -0.2) is 8.42 Å². The molecule has 0 aliphatic carbocycles. The number of hydrogen-bond acceptors (Lipinski definition) is 4. The number of benzene rings is 1. The van der Waals surface area contributed by atoms with Crippen LogP contribution in [0.5, 0.6) is 0 Å². The second-order valence-corrected chi connectivity index (χ2v) is 10.0. The summed E-state index contributed by atoms with van der Waals surface area (Å²) in [5.74, 6) is 0. The Bertz CT molecular complexity index is 802. The van der Waals surface area contributed by atoms with Crippen molar-refractivity contribution < 1.29 is 8.42 Å². The number of rotatable bonds is 6. The van der Waals surface area contributed by atoms with Crippen molar-refractivity contribution in [2.45, 2.75) is 43.5 Å². The average molecular weight is 379 g/mol. The van der Waals surface area contributed by atoms with Crippen LogP contribution in [0, 0.1) is 6.92 Å². The minimum atomic E-state index is -3.40. The minimum absolute atomic E-state index is 0.0450. The van der Waals surface area contributed by atoms with Crippen LogP contribution in [-0.4, -0.2) is 43.3 Å². The van der Waals surface area contributed by atoms with E-state index in [0.717, 1.165) is 24.4 Å². The van der Waals surface area contributed by atoms with Gasteiger partial charge in [-0.1, -0.05) is 37.3 Å². The van der Waals surface area contributed by atoms with E-state index >= 15 is 0 Å². The molecule has 3 rings (SSSR count). The zero-order valence-corrected chi connectivity index (χ0v) is 16.7. The fraction of sp³-hybridized carbons (Fsp3) is 0.474. The number of hydrogen-bond donors (Lipinski definition) is 0. The van der Waals surface area contributed by atoms with Gasteiger partial charge in [-0.2, -0.15) is 4.31 Å². The highest BCUT2D eigenvalue weighted by molar-refractivity contribution is 7.91. The molecule has 1 aliphatic heterocycles. The van der Waals surface area contributed by atoms with Crippen molar-refractivity contribution in [3.05, 3.63) is 52.9 Å². The summed E-state index contributed by atoms with van der Waals surface area (Å²) < 4.78 is 28.2. The lowest BCUT2D eigenvalue weighted by Crippen LogP contribution is -2.41. The number of nitrogens with zero attached hydrogens (tertiary/aromatic N) is 2. The van der Waals surface area contributed by atoms with E-state index < -0.39 is 10.0 Å². The van der Waals surface area contributed by atoms with Gasteiger partial charge < -0.3 is 0 Å². The smallest absolute Gasteiger partial charge is 0.252 e. The molecule has 2 atom stereocenters. The topological polar surface area (TPSA) is 40.6 Å². The van der Waals surface area contributed by atoms with Gasteiger partial charge in [-0.05, 0) is 38.0 Å².